The van der Waals surface area contributed by atoms with Crippen molar-refractivity contribution in [2.24, 2.45) is 23.7 Å². The highest BCUT2D eigenvalue weighted by Gasteiger charge is 2.26. The van der Waals surface area contributed by atoms with Crippen molar-refractivity contribution in [3.8, 4) is 11.5 Å². The Bertz CT molecular complexity index is 1270. The Morgan fingerprint density at radius 2 is 0.809 bits per heavy atom. The summed E-state index contributed by atoms with van der Waals surface area (Å²) < 4.78 is 6.61. The SMILES string of the molecule is CC(C)CCN(CCC(C)C)c1ccc(C(Oc2c(Cl)c(Cl)c(O)c(Cl)c2Cl)c2ccc(N(CCC(C)C)CCC(C)C)cc2)cc1. The van der Waals surface area contributed by atoms with Crippen molar-refractivity contribution in [2.75, 3.05) is 36.0 Å². The molecule has 0 aliphatic heterocycles. The van der Waals surface area contributed by atoms with Gasteiger partial charge in [0, 0.05) is 37.6 Å². The van der Waals surface area contributed by atoms with Crippen LogP contribution in [0.25, 0.3) is 0 Å². The Morgan fingerprint density at radius 1 is 0.511 bits per heavy atom. The van der Waals surface area contributed by atoms with Crippen LogP contribution in [0.2, 0.25) is 20.1 Å². The molecule has 0 radical (unpaired) electrons. The standard InChI is InChI=1S/C39H54Cl4N2O2/c1-25(2)17-21-44(22-18-26(3)4)31-13-9-29(10-14-31)38(47-39-35(42)33(40)37(46)34(41)36(39)43)30-11-15-32(16-12-30)45(23-19-27(5)6)24-20-28(7)8/h9-16,25-28,38,46H,17-24H2,1-8H3. The van der Waals surface area contributed by atoms with E-state index in [2.05, 4.69) is 114 Å². The number of benzene rings is 3. The lowest BCUT2D eigenvalue weighted by atomic mass is 9.99. The molecular weight excluding hydrogens is 670 g/mol. The highest BCUT2D eigenvalue weighted by molar-refractivity contribution is 6.50. The van der Waals surface area contributed by atoms with E-state index < -0.39 is 6.10 Å². The fourth-order valence-corrected chi connectivity index (χ4v) is 6.18. The van der Waals surface area contributed by atoms with Crippen LogP contribution in [0.5, 0.6) is 11.5 Å². The fraction of sp³-hybridized carbons (Fsp3) is 0.538. The molecule has 0 heterocycles. The number of anilines is 2. The third-order valence-electron chi connectivity index (χ3n) is 8.46. The molecule has 0 amide bonds. The minimum absolute atomic E-state index is 0.0129. The molecule has 3 aromatic carbocycles. The van der Waals surface area contributed by atoms with Crippen LogP contribution in [-0.2, 0) is 0 Å². The maximum atomic E-state index is 10.3. The predicted octanol–water partition coefficient (Wildman–Crippen LogP) is 13.0. The maximum Gasteiger partial charge on any atom is 0.161 e. The normalized spacial score (nSPS) is 11.9. The number of halogens is 4. The second-order valence-corrected chi connectivity index (χ2v) is 15.8. The first kappa shape index (κ1) is 39.5. The van der Waals surface area contributed by atoms with E-state index in [1.54, 1.807) is 0 Å². The first-order chi connectivity index (χ1) is 22.2. The van der Waals surface area contributed by atoms with Gasteiger partial charge in [0.25, 0.3) is 0 Å². The molecule has 3 rings (SSSR count). The van der Waals surface area contributed by atoms with E-state index in [9.17, 15) is 5.11 Å². The molecule has 0 atom stereocenters. The molecular formula is C39H54Cl4N2O2. The van der Waals surface area contributed by atoms with Gasteiger partial charge in [0.15, 0.2) is 11.5 Å². The lowest BCUT2D eigenvalue weighted by Crippen LogP contribution is -2.27. The van der Waals surface area contributed by atoms with E-state index in [0.29, 0.717) is 23.7 Å². The molecule has 47 heavy (non-hydrogen) atoms. The van der Waals surface area contributed by atoms with Crippen LogP contribution < -0.4 is 14.5 Å². The number of aromatic hydroxyl groups is 1. The summed E-state index contributed by atoms with van der Waals surface area (Å²) >= 11 is 25.9. The fourth-order valence-electron chi connectivity index (χ4n) is 5.27. The Morgan fingerprint density at radius 3 is 1.09 bits per heavy atom. The van der Waals surface area contributed by atoms with Gasteiger partial charge in [0.1, 0.15) is 26.2 Å². The van der Waals surface area contributed by atoms with Gasteiger partial charge < -0.3 is 19.6 Å². The van der Waals surface area contributed by atoms with Gasteiger partial charge in [0.2, 0.25) is 0 Å². The summed E-state index contributed by atoms with van der Waals surface area (Å²) in [4.78, 5) is 4.95. The second kappa shape index (κ2) is 18.7. The minimum Gasteiger partial charge on any atom is -0.505 e. The molecule has 0 bridgehead atoms. The largest absolute Gasteiger partial charge is 0.505 e. The van der Waals surface area contributed by atoms with Gasteiger partial charge in [-0.1, -0.05) is 126 Å². The average Bonchev–Trinajstić information content (AvgIpc) is 3.03. The van der Waals surface area contributed by atoms with Crippen LogP contribution in [0.15, 0.2) is 48.5 Å². The molecule has 3 aromatic rings. The van der Waals surface area contributed by atoms with Crippen LogP contribution in [0.1, 0.15) is 98.3 Å². The molecule has 0 aliphatic carbocycles. The Balaban J connectivity index is 2.04. The van der Waals surface area contributed by atoms with Crippen molar-refractivity contribution in [2.45, 2.75) is 87.2 Å². The van der Waals surface area contributed by atoms with Crippen molar-refractivity contribution < 1.29 is 9.84 Å². The Labute approximate surface area is 304 Å². The molecule has 0 fully saturated rings. The van der Waals surface area contributed by atoms with Gasteiger partial charge in [-0.05, 0) is 84.7 Å². The van der Waals surface area contributed by atoms with Crippen molar-refractivity contribution in [1.29, 1.82) is 0 Å². The number of hydrogen-bond donors (Lipinski definition) is 1. The first-order valence-electron chi connectivity index (χ1n) is 17.1. The summed E-state index contributed by atoms with van der Waals surface area (Å²) in [5, 5.41) is 10.2. The predicted molar refractivity (Wildman–Crippen MR) is 206 cm³/mol. The van der Waals surface area contributed by atoms with Gasteiger partial charge in [-0.15, -0.1) is 0 Å². The maximum absolute atomic E-state index is 10.3. The van der Waals surface area contributed by atoms with E-state index in [4.69, 9.17) is 51.1 Å². The topological polar surface area (TPSA) is 35.9 Å². The summed E-state index contributed by atoms with van der Waals surface area (Å²) in [5.74, 6) is 2.27. The highest BCUT2D eigenvalue weighted by atomic mass is 35.5. The van der Waals surface area contributed by atoms with Crippen LogP contribution >= 0.6 is 46.4 Å². The minimum atomic E-state index is -0.565. The summed E-state index contributed by atoms with van der Waals surface area (Å²) in [7, 11) is 0. The number of hydrogen-bond acceptors (Lipinski definition) is 4. The quantitative estimate of drug-likeness (QED) is 0.133. The second-order valence-electron chi connectivity index (χ2n) is 14.3. The zero-order chi connectivity index (χ0) is 34.8. The van der Waals surface area contributed by atoms with Gasteiger partial charge in [-0.25, -0.2) is 0 Å². The Kier molecular flexibility index (Phi) is 15.7. The van der Waals surface area contributed by atoms with E-state index in [1.807, 2.05) is 0 Å². The van der Waals surface area contributed by atoms with E-state index in [-0.39, 0.29) is 31.6 Å². The lowest BCUT2D eigenvalue weighted by molar-refractivity contribution is 0.247. The molecule has 0 unspecified atom stereocenters. The number of phenols is 1. The molecule has 0 saturated heterocycles. The van der Waals surface area contributed by atoms with Crippen LogP contribution in [0.4, 0.5) is 11.4 Å². The molecule has 1 N–H and O–H groups in total. The van der Waals surface area contributed by atoms with Crippen molar-refractivity contribution in [3.05, 3.63) is 79.7 Å². The van der Waals surface area contributed by atoms with Gasteiger partial charge in [0.05, 0.1) is 0 Å². The van der Waals surface area contributed by atoms with E-state index >= 15 is 0 Å². The molecule has 0 aliphatic rings. The third kappa shape index (κ3) is 11.6. The van der Waals surface area contributed by atoms with Crippen molar-refractivity contribution >= 4 is 57.8 Å². The van der Waals surface area contributed by atoms with Gasteiger partial charge in [-0.2, -0.15) is 0 Å². The zero-order valence-electron chi connectivity index (χ0n) is 29.4. The van der Waals surface area contributed by atoms with Crippen molar-refractivity contribution in [1.82, 2.24) is 0 Å². The molecule has 0 aromatic heterocycles. The van der Waals surface area contributed by atoms with Crippen molar-refractivity contribution in [3.63, 3.8) is 0 Å². The highest BCUT2D eigenvalue weighted by Crippen LogP contribution is 2.51. The molecule has 0 spiro atoms. The summed E-state index contributed by atoms with van der Waals surface area (Å²) in [6.07, 6.45) is 3.95. The molecule has 8 heteroatoms. The lowest BCUT2D eigenvalue weighted by Gasteiger charge is -2.28. The first-order valence-corrected chi connectivity index (χ1v) is 18.6. The van der Waals surface area contributed by atoms with Gasteiger partial charge >= 0.3 is 0 Å². The summed E-state index contributed by atoms with van der Waals surface area (Å²) in [5.41, 5.74) is 4.22. The summed E-state index contributed by atoms with van der Waals surface area (Å²) in [6.45, 7) is 22.2. The molecule has 4 nitrogen and oxygen atoms in total. The van der Waals surface area contributed by atoms with Gasteiger partial charge in [-0.3, -0.25) is 0 Å². The number of phenolic OH excluding ortho intramolecular Hbond substituents is 1. The van der Waals surface area contributed by atoms with Crippen LogP contribution in [0, 0.1) is 23.7 Å². The Hall–Kier alpha value is -1.98. The monoisotopic (exact) mass is 722 g/mol. The number of rotatable bonds is 18. The van der Waals surface area contributed by atoms with Crippen LogP contribution in [0.3, 0.4) is 0 Å². The summed E-state index contributed by atoms with van der Waals surface area (Å²) in [6, 6.07) is 17.1. The zero-order valence-corrected chi connectivity index (χ0v) is 32.4. The smallest absolute Gasteiger partial charge is 0.161 e. The average molecular weight is 725 g/mol. The molecule has 260 valence electrons. The molecule has 0 saturated carbocycles. The number of ether oxygens (including phenoxy) is 1. The van der Waals surface area contributed by atoms with E-state index in [0.717, 1.165) is 63.0 Å². The third-order valence-corrected chi connectivity index (χ3v) is 10.1. The van der Waals surface area contributed by atoms with Crippen LogP contribution in [-0.4, -0.2) is 31.3 Å². The number of nitrogens with zero attached hydrogens (tertiary/aromatic N) is 2. The van der Waals surface area contributed by atoms with E-state index in [1.165, 1.54) is 11.4 Å².